The van der Waals surface area contributed by atoms with Crippen LogP contribution in [0, 0.1) is 19.3 Å². The molecule has 0 aliphatic rings. The van der Waals surface area contributed by atoms with Crippen molar-refractivity contribution in [2.75, 3.05) is 13.1 Å². The van der Waals surface area contributed by atoms with Gasteiger partial charge < -0.3 is 0 Å². The van der Waals surface area contributed by atoms with E-state index < -0.39 is 34.1 Å². The van der Waals surface area contributed by atoms with Gasteiger partial charge in [-0.2, -0.15) is 17.5 Å². The Morgan fingerprint density at radius 2 is 1.63 bits per heavy atom. The molecule has 2 aromatic carbocycles. The van der Waals surface area contributed by atoms with Crippen LogP contribution in [0.25, 0.3) is 0 Å². The predicted molar refractivity (Wildman–Crippen MR) is 94.5 cm³/mol. The van der Waals surface area contributed by atoms with Crippen LogP contribution in [-0.2, 0) is 16.2 Å². The molecule has 0 amide bonds. The summed E-state index contributed by atoms with van der Waals surface area (Å²) in [6, 6.07) is 9.58. The summed E-state index contributed by atoms with van der Waals surface area (Å²) in [5.74, 6) is 1.53. The molecule has 4 nitrogen and oxygen atoms in total. The van der Waals surface area contributed by atoms with Crippen LogP contribution in [0.5, 0.6) is 0 Å². The number of aryl methyl sites for hydroxylation is 1. The van der Waals surface area contributed by atoms with Gasteiger partial charge in [0, 0.05) is 5.56 Å². The van der Waals surface area contributed by atoms with E-state index in [9.17, 15) is 26.4 Å². The lowest BCUT2D eigenvalue weighted by Gasteiger charge is -2.19. The number of sulfonamides is 1. The van der Waals surface area contributed by atoms with E-state index in [1.54, 1.807) is 19.1 Å². The van der Waals surface area contributed by atoms with Crippen molar-refractivity contribution < 1.29 is 26.4 Å². The summed E-state index contributed by atoms with van der Waals surface area (Å²) in [6.07, 6.45) is 0.696. The fourth-order valence-electron chi connectivity index (χ4n) is 2.28. The Morgan fingerprint density at radius 3 is 2.11 bits per heavy atom. The lowest BCUT2D eigenvalue weighted by Crippen LogP contribution is -2.36. The first-order valence-electron chi connectivity index (χ1n) is 7.76. The molecular formula is C19H16F3NO3S. The summed E-state index contributed by atoms with van der Waals surface area (Å²) >= 11 is 0. The van der Waals surface area contributed by atoms with Crippen molar-refractivity contribution >= 4 is 15.8 Å². The minimum Gasteiger partial charge on any atom is -0.293 e. The van der Waals surface area contributed by atoms with E-state index in [-0.39, 0.29) is 17.0 Å². The number of nitrogens with zero attached hydrogens (tertiary/aromatic N) is 1. The zero-order valence-corrected chi connectivity index (χ0v) is 15.1. The Morgan fingerprint density at radius 1 is 1.07 bits per heavy atom. The average Bonchev–Trinajstić information content (AvgIpc) is 2.61. The van der Waals surface area contributed by atoms with Crippen molar-refractivity contribution in [3.8, 4) is 12.3 Å². The predicted octanol–water partition coefficient (Wildman–Crippen LogP) is 3.52. The van der Waals surface area contributed by atoms with Crippen LogP contribution >= 0.6 is 0 Å². The Kier molecular flexibility index (Phi) is 6.08. The summed E-state index contributed by atoms with van der Waals surface area (Å²) in [6.45, 7) is 0.873. The van der Waals surface area contributed by atoms with Gasteiger partial charge in [0.05, 0.1) is 23.5 Å². The lowest BCUT2D eigenvalue weighted by molar-refractivity contribution is -0.137. The van der Waals surface area contributed by atoms with Crippen LogP contribution in [0.15, 0.2) is 53.4 Å². The molecule has 0 radical (unpaired) electrons. The molecule has 27 heavy (non-hydrogen) atoms. The number of alkyl halides is 3. The Balaban J connectivity index is 2.26. The standard InChI is InChI=1S/C19H16F3NO3S/c1-3-12-23(27(25,26)17-10-4-14(2)5-11-17)13-18(24)15-6-8-16(9-7-15)19(20,21)22/h1,4-11H,12-13H2,2H3. The molecule has 0 fully saturated rings. The molecule has 0 unspecified atom stereocenters. The first kappa shape index (κ1) is 20.7. The first-order valence-corrected chi connectivity index (χ1v) is 9.20. The van der Waals surface area contributed by atoms with Crippen molar-refractivity contribution in [2.45, 2.75) is 18.0 Å². The molecule has 0 bridgehead atoms. The van der Waals surface area contributed by atoms with E-state index in [1.807, 2.05) is 0 Å². The van der Waals surface area contributed by atoms with Crippen LogP contribution in [0.4, 0.5) is 13.2 Å². The third-order valence-electron chi connectivity index (χ3n) is 3.78. The van der Waals surface area contributed by atoms with E-state index in [0.29, 0.717) is 0 Å². The third-order valence-corrected chi connectivity index (χ3v) is 5.59. The van der Waals surface area contributed by atoms with Gasteiger partial charge >= 0.3 is 6.18 Å². The third kappa shape index (κ3) is 4.96. The largest absolute Gasteiger partial charge is 0.416 e. The number of halogens is 3. The molecule has 2 rings (SSSR count). The van der Waals surface area contributed by atoms with Crippen LogP contribution in [0.2, 0.25) is 0 Å². The Labute approximate surface area is 155 Å². The highest BCUT2D eigenvalue weighted by atomic mass is 32.2. The maximum Gasteiger partial charge on any atom is 0.416 e. The van der Waals surface area contributed by atoms with Gasteiger partial charge in [-0.3, -0.25) is 4.79 Å². The summed E-state index contributed by atoms with van der Waals surface area (Å²) in [4.78, 5) is 12.3. The van der Waals surface area contributed by atoms with Gasteiger partial charge in [0.15, 0.2) is 5.78 Å². The van der Waals surface area contributed by atoms with Gasteiger partial charge in [-0.25, -0.2) is 8.42 Å². The SMILES string of the molecule is C#CCN(CC(=O)c1ccc(C(F)(F)F)cc1)S(=O)(=O)c1ccc(C)cc1. The molecule has 0 spiro atoms. The van der Waals surface area contributed by atoms with E-state index in [0.717, 1.165) is 34.1 Å². The molecule has 0 N–H and O–H groups in total. The summed E-state index contributed by atoms with van der Waals surface area (Å²) in [5, 5.41) is 0. The molecule has 0 heterocycles. The van der Waals surface area contributed by atoms with Crippen molar-refractivity contribution in [1.29, 1.82) is 0 Å². The van der Waals surface area contributed by atoms with Crippen molar-refractivity contribution in [3.05, 3.63) is 65.2 Å². The number of hydrogen-bond donors (Lipinski definition) is 0. The quantitative estimate of drug-likeness (QED) is 0.556. The monoisotopic (exact) mass is 395 g/mol. The lowest BCUT2D eigenvalue weighted by atomic mass is 10.1. The molecule has 0 aromatic heterocycles. The van der Waals surface area contributed by atoms with Crippen molar-refractivity contribution in [1.82, 2.24) is 4.31 Å². The van der Waals surface area contributed by atoms with E-state index in [1.165, 1.54) is 12.1 Å². The minimum atomic E-state index is -4.52. The fourth-order valence-corrected chi connectivity index (χ4v) is 3.59. The smallest absolute Gasteiger partial charge is 0.293 e. The number of rotatable bonds is 6. The van der Waals surface area contributed by atoms with E-state index in [4.69, 9.17) is 6.42 Å². The van der Waals surface area contributed by atoms with Crippen LogP contribution in [-0.4, -0.2) is 31.6 Å². The molecule has 0 saturated carbocycles. The molecule has 8 heteroatoms. The zero-order valence-electron chi connectivity index (χ0n) is 14.3. The summed E-state index contributed by atoms with van der Waals surface area (Å²) in [7, 11) is -4.02. The van der Waals surface area contributed by atoms with E-state index in [2.05, 4.69) is 5.92 Å². The van der Waals surface area contributed by atoms with E-state index >= 15 is 0 Å². The van der Waals surface area contributed by atoms with Gasteiger partial charge in [0.25, 0.3) is 0 Å². The number of carbonyl (C=O) groups excluding carboxylic acids is 1. The molecular weight excluding hydrogens is 379 g/mol. The second-order valence-electron chi connectivity index (χ2n) is 5.79. The van der Waals surface area contributed by atoms with Crippen molar-refractivity contribution in [3.63, 3.8) is 0 Å². The van der Waals surface area contributed by atoms with Crippen molar-refractivity contribution in [2.24, 2.45) is 0 Å². The molecule has 0 atom stereocenters. The number of hydrogen-bond acceptors (Lipinski definition) is 3. The highest BCUT2D eigenvalue weighted by Gasteiger charge is 2.31. The molecule has 0 aliphatic heterocycles. The number of carbonyl (C=O) groups is 1. The molecule has 142 valence electrons. The van der Waals surface area contributed by atoms with Crippen LogP contribution in [0.3, 0.4) is 0 Å². The van der Waals surface area contributed by atoms with Gasteiger partial charge in [-0.05, 0) is 31.2 Å². The highest BCUT2D eigenvalue weighted by molar-refractivity contribution is 7.89. The average molecular weight is 395 g/mol. The van der Waals surface area contributed by atoms with Crippen LogP contribution in [0.1, 0.15) is 21.5 Å². The van der Waals surface area contributed by atoms with Gasteiger partial charge in [0.2, 0.25) is 10.0 Å². The minimum absolute atomic E-state index is 0.0245. The maximum absolute atomic E-state index is 12.7. The number of terminal acetylenes is 1. The summed E-state index contributed by atoms with van der Waals surface area (Å²) < 4.78 is 64.1. The molecule has 0 aliphatic carbocycles. The number of Topliss-reactive ketones (excluding diaryl/α,β-unsaturated/α-hetero) is 1. The van der Waals surface area contributed by atoms with Gasteiger partial charge in [-0.15, -0.1) is 6.42 Å². The molecule has 0 saturated heterocycles. The first-order chi connectivity index (χ1) is 12.6. The van der Waals surface area contributed by atoms with Gasteiger partial charge in [-0.1, -0.05) is 35.7 Å². The normalized spacial score (nSPS) is 12.0. The molecule has 2 aromatic rings. The Hall–Kier alpha value is -2.63. The second kappa shape index (κ2) is 7.94. The maximum atomic E-state index is 12.7. The Bertz CT molecular complexity index is 957. The zero-order chi connectivity index (χ0) is 20.2. The van der Waals surface area contributed by atoms with Gasteiger partial charge in [0.1, 0.15) is 0 Å². The fraction of sp³-hybridized carbons (Fsp3) is 0.211. The second-order valence-corrected chi connectivity index (χ2v) is 7.73. The van der Waals surface area contributed by atoms with Crippen LogP contribution < -0.4 is 0 Å². The summed E-state index contributed by atoms with van der Waals surface area (Å²) in [5.41, 5.74) is -0.0748. The number of ketones is 1. The highest BCUT2D eigenvalue weighted by Crippen LogP contribution is 2.29. The number of benzene rings is 2. The topological polar surface area (TPSA) is 54.5 Å².